The average molecular weight is 368 g/mol. The summed E-state index contributed by atoms with van der Waals surface area (Å²) in [5, 5.41) is 0. The fourth-order valence-electron chi connectivity index (χ4n) is 2.89. The van der Waals surface area contributed by atoms with Crippen LogP contribution in [0, 0.1) is 0 Å². The van der Waals surface area contributed by atoms with Gasteiger partial charge in [0, 0.05) is 13.4 Å². The third kappa shape index (κ3) is 4.04. The van der Waals surface area contributed by atoms with Gasteiger partial charge in [0.15, 0.2) is 9.84 Å². The number of carbonyl (C=O) groups is 1. The molecular formula is C18H24O6S. The molecular weight excluding hydrogens is 344 g/mol. The van der Waals surface area contributed by atoms with Crippen molar-refractivity contribution in [2.75, 3.05) is 13.4 Å². The molecule has 0 aliphatic carbocycles. The standard InChI is InChI=1S/C18H24O6S/c1-11(2)23-16-15(18(3,4)24-17(16)19)12-7-8-14(25(6,20)21)13(9-12)10-22-5/h7-9,11H,10H2,1-6H3. The molecule has 0 bridgehead atoms. The Hall–Kier alpha value is -1.86. The summed E-state index contributed by atoms with van der Waals surface area (Å²) >= 11 is 0. The average Bonchev–Trinajstić information content (AvgIpc) is 2.66. The van der Waals surface area contributed by atoms with Crippen molar-refractivity contribution in [2.45, 2.75) is 50.9 Å². The molecule has 2 rings (SSSR count). The van der Waals surface area contributed by atoms with E-state index in [1.807, 2.05) is 13.8 Å². The second-order valence-corrected chi connectivity index (χ2v) is 8.78. The summed E-state index contributed by atoms with van der Waals surface area (Å²) in [5.74, 6) is -0.357. The van der Waals surface area contributed by atoms with Gasteiger partial charge in [-0.25, -0.2) is 13.2 Å². The first-order valence-corrected chi connectivity index (χ1v) is 9.83. The Morgan fingerprint density at radius 3 is 2.40 bits per heavy atom. The summed E-state index contributed by atoms with van der Waals surface area (Å²) in [5.41, 5.74) is 0.918. The van der Waals surface area contributed by atoms with Gasteiger partial charge in [0.1, 0.15) is 5.60 Å². The molecule has 25 heavy (non-hydrogen) atoms. The number of benzene rings is 1. The number of cyclic esters (lactones) is 1. The maximum absolute atomic E-state index is 12.2. The molecule has 1 aliphatic heterocycles. The fourth-order valence-corrected chi connectivity index (χ4v) is 3.80. The van der Waals surface area contributed by atoms with Gasteiger partial charge in [-0.3, -0.25) is 0 Å². The largest absolute Gasteiger partial charge is 0.484 e. The van der Waals surface area contributed by atoms with Crippen molar-refractivity contribution in [3.8, 4) is 0 Å². The maximum Gasteiger partial charge on any atom is 0.374 e. The highest BCUT2D eigenvalue weighted by Crippen LogP contribution is 2.41. The van der Waals surface area contributed by atoms with Crippen molar-refractivity contribution >= 4 is 21.4 Å². The van der Waals surface area contributed by atoms with Crippen LogP contribution in [0.1, 0.15) is 38.8 Å². The highest BCUT2D eigenvalue weighted by atomic mass is 32.2. The Labute approximate surface area is 148 Å². The zero-order valence-electron chi connectivity index (χ0n) is 15.4. The summed E-state index contributed by atoms with van der Waals surface area (Å²) in [6, 6.07) is 4.90. The van der Waals surface area contributed by atoms with Gasteiger partial charge in [-0.05, 0) is 51.0 Å². The molecule has 7 heteroatoms. The first-order valence-electron chi connectivity index (χ1n) is 7.94. The van der Waals surface area contributed by atoms with Crippen LogP contribution in [0.3, 0.4) is 0 Å². The van der Waals surface area contributed by atoms with Crippen LogP contribution < -0.4 is 0 Å². The molecule has 0 saturated heterocycles. The van der Waals surface area contributed by atoms with Crippen molar-refractivity contribution < 1.29 is 27.4 Å². The summed E-state index contributed by atoms with van der Waals surface area (Å²) in [6.07, 6.45) is 0.958. The normalized spacial score (nSPS) is 17.2. The molecule has 0 spiro atoms. The Kier molecular flexibility index (Phi) is 5.30. The molecule has 138 valence electrons. The second-order valence-electron chi connectivity index (χ2n) is 6.80. The van der Waals surface area contributed by atoms with Crippen molar-refractivity contribution in [3.63, 3.8) is 0 Å². The van der Waals surface area contributed by atoms with Crippen LogP contribution in [0.4, 0.5) is 0 Å². The molecule has 0 unspecified atom stereocenters. The molecule has 6 nitrogen and oxygen atoms in total. The van der Waals surface area contributed by atoms with Gasteiger partial charge in [-0.2, -0.15) is 0 Å². The third-order valence-corrected chi connectivity index (χ3v) is 4.96. The minimum atomic E-state index is -3.39. The Balaban J connectivity index is 2.67. The monoisotopic (exact) mass is 368 g/mol. The number of esters is 1. The zero-order chi connectivity index (χ0) is 19.0. The lowest BCUT2D eigenvalue weighted by atomic mass is 9.91. The van der Waals surface area contributed by atoms with Gasteiger partial charge >= 0.3 is 5.97 Å². The smallest absolute Gasteiger partial charge is 0.374 e. The lowest BCUT2D eigenvalue weighted by Gasteiger charge is -2.22. The molecule has 1 heterocycles. The first kappa shape index (κ1) is 19.5. The summed E-state index contributed by atoms with van der Waals surface area (Å²) in [4.78, 5) is 12.4. The number of hydrogen-bond acceptors (Lipinski definition) is 6. The number of ether oxygens (including phenoxy) is 3. The molecule has 0 atom stereocenters. The van der Waals surface area contributed by atoms with Crippen LogP contribution >= 0.6 is 0 Å². The van der Waals surface area contributed by atoms with E-state index < -0.39 is 21.4 Å². The van der Waals surface area contributed by atoms with E-state index in [0.717, 1.165) is 6.26 Å². The highest BCUT2D eigenvalue weighted by Gasteiger charge is 2.43. The predicted octanol–water partition coefficient (Wildman–Crippen LogP) is 2.71. The van der Waals surface area contributed by atoms with Crippen LogP contribution in [0.5, 0.6) is 0 Å². The number of hydrogen-bond donors (Lipinski definition) is 0. The minimum Gasteiger partial charge on any atom is -0.484 e. The minimum absolute atomic E-state index is 0.138. The molecule has 0 aromatic heterocycles. The number of rotatable bonds is 6. The van der Waals surface area contributed by atoms with E-state index in [0.29, 0.717) is 16.7 Å². The zero-order valence-corrected chi connectivity index (χ0v) is 16.2. The van der Waals surface area contributed by atoms with Gasteiger partial charge in [0.25, 0.3) is 0 Å². The molecule has 1 aliphatic rings. The van der Waals surface area contributed by atoms with Crippen molar-refractivity contribution in [2.24, 2.45) is 0 Å². The Bertz CT molecular complexity index is 818. The third-order valence-electron chi connectivity index (χ3n) is 3.76. The van der Waals surface area contributed by atoms with Crippen LogP contribution in [-0.4, -0.2) is 39.5 Å². The second kappa shape index (κ2) is 6.80. The molecule has 0 saturated carbocycles. The number of methoxy groups -OCH3 is 1. The van der Waals surface area contributed by atoms with Crippen LogP contribution in [0.15, 0.2) is 28.9 Å². The predicted molar refractivity (Wildman–Crippen MR) is 93.6 cm³/mol. The van der Waals surface area contributed by atoms with Crippen LogP contribution in [0.2, 0.25) is 0 Å². The highest BCUT2D eigenvalue weighted by molar-refractivity contribution is 7.90. The van der Waals surface area contributed by atoms with E-state index in [-0.39, 0.29) is 23.4 Å². The van der Waals surface area contributed by atoms with Crippen molar-refractivity contribution in [1.82, 2.24) is 0 Å². The topological polar surface area (TPSA) is 78.9 Å². The van der Waals surface area contributed by atoms with E-state index >= 15 is 0 Å². The number of carbonyl (C=O) groups excluding carboxylic acids is 1. The Morgan fingerprint density at radius 2 is 1.88 bits per heavy atom. The van der Waals surface area contributed by atoms with E-state index in [2.05, 4.69) is 0 Å². The van der Waals surface area contributed by atoms with Crippen molar-refractivity contribution in [3.05, 3.63) is 35.1 Å². The quantitative estimate of drug-likeness (QED) is 0.719. The first-order chi connectivity index (χ1) is 11.5. The molecule has 0 amide bonds. The van der Waals surface area contributed by atoms with Crippen LogP contribution in [0.25, 0.3) is 5.57 Å². The lowest BCUT2D eigenvalue weighted by molar-refractivity contribution is -0.147. The fraction of sp³-hybridized carbons (Fsp3) is 0.500. The van der Waals surface area contributed by atoms with Crippen LogP contribution in [-0.2, 0) is 35.4 Å². The molecule has 0 radical (unpaired) electrons. The lowest BCUT2D eigenvalue weighted by Crippen LogP contribution is -2.22. The van der Waals surface area contributed by atoms with E-state index in [9.17, 15) is 13.2 Å². The van der Waals surface area contributed by atoms with E-state index in [1.54, 1.807) is 26.0 Å². The van der Waals surface area contributed by atoms with Gasteiger partial charge in [0.05, 0.1) is 23.2 Å². The molecule has 0 N–H and O–H groups in total. The van der Waals surface area contributed by atoms with E-state index in [1.165, 1.54) is 13.2 Å². The van der Waals surface area contributed by atoms with E-state index in [4.69, 9.17) is 14.2 Å². The summed E-state index contributed by atoms with van der Waals surface area (Å²) in [7, 11) is -1.90. The maximum atomic E-state index is 12.2. The summed E-state index contributed by atoms with van der Waals surface area (Å²) in [6.45, 7) is 7.34. The van der Waals surface area contributed by atoms with Gasteiger partial charge in [-0.15, -0.1) is 0 Å². The van der Waals surface area contributed by atoms with Gasteiger partial charge in [-0.1, -0.05) is 6.07 Å². The Morgan fingerprint density at radius 1 is 1.24 bits per heavy atom. The van der Waals surface area contributed by atoms with Gasteiger partial charge < -0.3 is 14.2 Å². The molecule has 1 aromatic rings. The van der Waals surface area contributed by atoms with Crippen molar-refractivity contribution in [1.29, 1.82) is 0 Å². The number of sulfone groups is 1. The summed E-state index contributed by atoms with van der Waals surface area (Å²) < 4.78 is 40.2. The molecule has 0 fully saturated rings. The molecule has 1 aromatic carbocycles. The van der Waals surface area contributed by atoms with Gasteiger partial charge in [0.2, 0.25) is 5.76 Å². The SMILES string of the molecule is COCc1cc(C2=C(OC(C)C)C(=O)OC2(C)C)ccc1S(C)(=O)=O.